The molecule has 0 aliphatic carbocycles. The smallest absolute Gasteiger partial charge is 0.354 e. The van der Waals surface area contributed by atoms with Crippen LogP contribution in [0.5, 0.6) is 0 Å². The van der Waals surface area contributed by atoms with E-state index in [2.05, 4.69) is 9.58 Å². The molecule has 20 heavy (non-hydrogen) atoms. The molecular formula is C12H6CuN2O5. The molecule has 1 aromatic carbocycles. The van der Waals surface area contributed by atoms with Crippen LogP contribution >= 0.6 is 0 Å². The summed E-state index contributed by atoms with van der Waals surface area (Å²) in [6, 6.07) is 4.64. The van der Waals surface area contributed by atoms with E-state index in [0.29, 0.717) is 0 Å². The standard InChI is InChI=1S/C12H6N2O5.Cu/c1-3-19-12(16)10(13-2)11(15)8-4-6-9(7-5-8)14(17)18;/h1,4-7,15H;/b11-10+;. The molecule has 0 spiro atoms. The number of nitrogens with zero attached hydrogens (tertiary/aromatic N) is 2. The second-order valence-electron chi connectivity index (χ2n) is 3.12. The van der Waals surface area contributed by atoms with Crippen molar-refractivity contribution in [3.05, 3.63) is 57.1 Å². The number of nitro groups is 1. The van der Waals surface area contributed by atoms with Gasteiger partial charge in [-0.25, -0.2) is 4.85 Å². The number of carbonyl (C=O) groups is 1. The minimum atomic E-state index is -1.17. The van der Waals surface area contributed by atoms with Gasteiger partial charge in [0.1, 0.15) is 11.9 Å². The second-order valence-corrected chi connectivity index (χ2v) is 3.12. The summed E-state index contributed by atoms with van der Waals surface area (Å²) in [6.07, 6.45) is 6.32. The molecule has 7 nitrogen and oxygen atoms in total. The number of hydrogen-bond acceptors (Lipinski definition) is 5. The Morgan fingerprint density at radius 2 is 2.00 bits per heavy atom. The van der Waals surface area contributed by atoms with E-state index in [0.717, 1.165) is 12.1 Å². The first-order chi connectivity index (χ1) is 9.01. The van der Waals surface area contributed by atoms with Gasteiger partial charge >= 0.3 is 11.7 Å². The van der Waals surface area contributed by atoms with E-state index < -0.39 is 22.3 Å². The summed E-state index contributed by atoms with van der Waals surface area (Å²) in [5, 5.41) is 20.2. The number of esters is 1. The summed E-state index contributed by atoms with van der Waals surface area (Å²) in [7, 11) is 0. The number of hydrogen-bond donors (Lipinski definition) is 1. The Morgan fingerprint density at radius 1 is 1.45 bits per heavy atom. The Morgan fingerprint density at radius 3 is 2.40 bits per heavy atom. The fourth-order valence-corrected chi connectivity index (χ4v) is 1.17. The molecule has 0 heterocycles. The van der Waals surface area contributed by atoms with E-state index in [1.54, 1.807) is 6.11 Å². The number of ether oxygens (including phenoxy) is 1. The fourth-order valence-electron chi connectivity index (χ4n) is 1.17. The normalized spacial score (nSPS) is 10.1. The van der Waals surface area contributed by atoms with E-state index in [4.69, 9.17) is 13.0 Å². The maximum absolute atomic E-state index is 11.3. The molecule has 0 saturated heterocycles. The van der Waals surface area contributed by atoms with Gasteiger partial charge in [-0.15, -0.1) is 0 Å². The van der Waals surface area contributed by atoms with Crippen LogP contribution in [-0.2, 0) is 26.6 Å². The second kappa shape index (κ2) is 7.59. The molecular weight excluding hydrogens is 316 g/mol. The Balaban J connectivity index is 0.00000361. The zero-order valence-corrected chi connectivity index (χ0v) is 10.6. The Labute approximate surface area is 124 Å². The minimum absolute atomic E-state index is 0. The van der Waals surface area contributed by atoms with Crippen molar-refractivity contribution in [2.75, 3.05) is 0 Å². The van der Waals surface area contributed by atoms with Crippen molar-refractivity contribution in [3.63, 3.8) is 0 Å². The first-order valence-corrected chi connectivity index (χ1v) is 4.73. The van der Waals surface area contributed by atoms with Crippen LogP contribution in [-0.4, -0.2) is 16.0 Å². The molecule has 0 atom stereocenters. The van der Waals surface area contributed by atoms with Gasteiger partial charge in [-0.3, -0.25) is 14.9 Å². The van der Waals surface area contributed by atoms with Crippen molar-refractivity contribution in [2.24, 2.45) is 0 Å². The molecule has 105 valence electrons. The SMILES string of the molecule is [C-]#[N+]/C(C(=O)OC#C)=C(/O)c1ccc([N+](=O)[O-])cc1.[Cu]. The molecule has 1 aromatic rings. The van der Waals surface area contributed by atoms with Crippen LogP contribution < -0.4 is 0 Å². The number of aliphatic hydroxyl groups is 1. The summed E-state index contributed by atoms with van der Waals surface area (Å²) in [5.41, 5.74) is -0.829. The molecule has 1 N–H and O–H groups in total. The topological polar surface area (TPSA) is 94.0 Å². The van der Waals surface area contributed by atoms with Crippen molar-refractivity contribution in [1.29, 1.82) is 0 Å². The molecule has 0 aliphatic rings. The summed E-state index contributed by atoms with van der Waals surface area (Å²) in [5.74, 6) is -1.83. The van der Waals surface area contributed by atoms with Crippen LogP contribution in [0.15, 0.2) is 30.0 Å². The van der Waals surface area contributed by atoms with Crippen LogP contribution in [0.25, 0.3) is 10.6 Å². The van der Waals surface area contributed by atoms with Crippen LogP contribution in [0.4, 0.5) is 5.69 Å². The van der Waals surface area contributed by atoms with Crippen molar-refractivity contribution < 1.29 is 36.6 Å². The van der Waals surface area contributed by atoms with Gasteiger partial charge in [-0.2, -0.15) is 0 Å². The average molecular weight is 322 g/mol. The molecule has 0 fully saturated rings. The first-order valence-electron chi connectivity index (χ1n) is 4.73. The van der Waals surface area contributed by atoms with Crippen LogP contribution in [0.3, 0.4) is 0 Å². The minimum Gasteiger partial charge on any atom is -0.518 e. The third-order valence-corrected chi connectivity index (χ3v) is 2.03. The molecule has 0 aliphatic heterocycles. The predicted molar refractivity (Wildman–Crippen MR) is 64.2 cm³/mol. The summed E-state index contributed by atoms with van der Waals surface area (Å²) in [6.45, 7) is 6.79. The van der Waals surface area contributed by atoms with Gasteiger partial charge in [-0.1, -0.05) is 6.42 Å². The number of carbonyl (C=O) groups excluding carboxylic acids is 1. The number of benzene rings is 1. The molecule has 0 amide bonds. The molecule has 0 unspecified atom stereocenters. The fraction of sp³-hybridized carbons (Fsp3) is 0. The number of non-ortho nitro benzene ring substituents is 1. The molecule has 0 saturated carbocycles. The van der Waals surface area contributed by atoms with E-state index in [9.17, 15) is 20.0 Å². The zero-order chi connectivity index (χ0) is 14.4. The molecule has 0 aromatic heterocycles. The predicted octanol–water partition coefficient (Wildman–Crippen LogP) is 1.87. The maximum Gasteiger partial charge on any atom is 0.354 e. The van der Waals surface area contributed by atoms with Gasteiger partial charge in [0, 0.05) is 34.8 Å². The third-order valence-electron chi connectivity index (χ3n) is 2.03. The summed E-state index contributed by atoms with van der Waals surface area (Å²) in [4.78, 5) is 23.9. The molecule has 1 rings (SSSR count). The van der Waals surface area contributed by atoms with Gasteiger partial charge in [0.25, 0.3) is 5.69 Å². The van der Waals surface area contributed by atoms with E-state index >= 15 is 0 Å². The Kier molecular flexibility index (Phi) is 6.53. The van der Waals surface area contributed by atoms with Crippen molar-refractivity contribution in [3.8, 4) is 12.5 Å². The number of nitro benzene ring substituents is 1. The summed E-state index contributed by atoms with van der Waals surface area (Å²) >= 11 is 0. The van der Waals surface area contributed by atoms with Crippen molar-refractivity contribution in [1.82, 2.24) is 0 Å². The van der Waals surface area contributed by atoms with Gasteiger partial charge in [0.15, 0.2) is 0 Å². The zero-order valence-electron chi connectivity index (χ0n) is 9.66. The average Bonchev–Trinajstić information content (AvgIpc) is 2.39. The third kappa shape index (κ3) is 3.85. The van der Waals surface area contributed by atoms with E-state index in [1.165, 1.54) is 12.1 Å². The van der Waals surface area contributed by atoms with Gasteiger partial charge in [-0.05, 0) is 12.1 Å². The van der Waals surface area contributed by atoms with Crippen LogP contribution in [0, 0.1) is 29.2 Å². The van der Waals surface area contributed by atoms with Gasteiger partial charge < -0.3 is 9.84 Å². The number of aliphatic hydroxyl groups excluding tert-OH is 1. The number of terminal acetylenes is 1. The molecule has 1 radical (unpaired) electrons. The number of rotatable bonds is 3. The van der Waals surface area contributed by atoms with Crippen molar-refractivity contribution in [2.45, 2.75) is 0 Å². The maximum atomic E-state index is 11.3. The molecule has 0 bridgehead atoms. The van der Waals surface area contributed by atoms with Crippen LogP contribution in [0.1, 0.15) is 5.56 Å². The monoisotopic (exact) mass is 321 g/mol. The quantitative estimate of drug-likeness (QED) is 0.134. The van der Waals surface area contributed by atoms with E-state index in [-0.39, 0.29) is 28.3 Å². The van der Waals surface area contributed by atoms with Gasteiger partial charge in [0.2, 0.25) is 0 Å². The van der Waals surface area contributed by atoms with Crippen LogP contribution in [0.2, 0.25) is 0 Å². The molecule has 8 heteroatoms. The van der Waals surface area contributed by atoms with Crippen molar-refractivity contribution >= 4 is 17.4 Å². The van der Waals surface area contributed by atoms with Gasteiger partial charge in [0.05, 0.1) is 11.5 Å². The van der Waals surface area contributed by atoms with E-state index in [1.807, 2.05) is 0 Å². The summed E-state index contributed by atoms with van der Waals surface area (Å²) < 4.78 is 4.15. The Bertz CT molecular complexity index is 637. The largest absolute Gasteiger partial charge is 0.518 e. The first kappa shape index (κ1) is 17.2. The Hall–Kier alpha value is -2.80.